The van der Waals surface area contributed by atoms with E-state index in [9.17, 15) is 35.1 Å². The van der Waals surface area contributed by atoms with Crippen LogP contribution in [0, 0.1) is 13.8 Å². The van der Waals surface area contributed by atoms with Crippen LogP contribution >= 0.6 is 11.3 Å². The van der Waals surface area contributed by atoms with E-state index in [1.807, 2.05) is 13.8 Å². The average molecular weight is 459 g/mol. The summed E-state index contributed by atoms with van der Waals surface area (Å²) < 4.78 is 108. The van der Waals surface area contributed by atoms with Gasteiger partial charge in [0.15, 0.2) is 0 Å². The van der Waals surface area contributed by atoms with Gasteiger partial charge in [-0.05, 0) is 31.9 Å². The highest BCUT2D eigenvalue weighted by Gasteiger charge is 2.64. The van der Waals surface area contributed by atoms with E-state index in [-0.39, 0.29) is 0 Å². The molecule has 2 rings (SSSR count). The Labute approximate surface area is 170 Å². The van der Waals surface area contributed by atoms with Crippen molar-refractivity contribution in [1.29, 1.82) is 0 Å². The normalized spacial score (nSPS) is 14.9. The second kappa shape index (κ2) is 8.12. The van der Waals surface area contributed by atoms with Crippen molar-refractivity contribution in [2.75, 3.05) is 7.05 Å². The third kappa shape index (κ3) is 4.42. The van der Waals surface area contributed by atoms with Gasteiger partial charge in [-0.3, -0.25) is 4.99 Å². The number of alkyl halides is 8. The zero-order valence-corrected chi connectivity index (χ0v) is 17.0. The molecule has 0 fully saturated rings. The van der Waals surface area contributed by atoms with Gasteiger partial charge >= 0.3 is 18.3 Å². The van der Waals surface area contributed by atoms with Crippen LogP contribution in [0.25, 0.3) is 16.1 Å². The van der Waals surface area contributed by atoms with Crippen LogP contribution in [0.4, 0.5) is 35.1 Å². The topological polar surface area (TPSA) is 30.2 Å². The van der Waals surface area contributed by atoms with Gasteiger partial charge < -0.3 is 0 Å². The van der Waals surface area contributed by atoms with E-state index in [0.717, 1.165) is 16.6 Å². The third-order valence-electron chi connectivity index (χ3n) is 4.33. The molecule has 2 heterocycles. The lowest BCUT2D eigenvalue weighted by Gasteiger charge is -2.26. The minimum absolute atomic E-state index is 0.404. The summed E-state index contributed by atoms with van der Waals surface area (Å²) >= 11 is 1.35. The Bertz CT molecular complexity index is 957. The molecule has 0 atom stereocenters. The van der Waals surface area contributed by atoms with E-state index in [2.05, 4.69) is 10.1 Å². The summed E-state index contributed by atoms with van der Waals surface area (Å²) in [5.41, 5.74) is -4.10. The summed E-state index contributed by atoms with van der Waals surface area (Å²) in [5.74, 6) is -5.80. The highest BCUT2D eigenvalue weighted by molar-refractivity contribution is 7.15. The van der Waals surface area contributed by atoms with Gasteiger partial charge in [0.25, 0.3) is 0 Å². The maximum atomic E-state index is 13.9. The molecule has 166 valence electrons. The molecule has 0 spiro atoms. The second-order valence-electron chi connectivity index (χ2n) is 6.34. The monoisotopic (exact) mass is 459 g/mol. The number of aryl methyl sites for hydroxylation is 2. The zero-order chi connectivity index (χ0) is 23.1. The van der Waals surface area contributed by atoms with Crippen molar-refractivity contribution >= 4 is 22.7 Å². The minimum atomic E-state index is -6.25. The van der Waals surface area contributed by atoms with Crippen LogP contribution < -0.4 is 0 Å². The summed E-state index contributed by atoms with van der Waals surface area (Å²) in [4.78, 5) is 4.33. The molecule has 0 saturated carbocycles. The van der Waals surface area contributed by atoms with Gasteiger partial charge in [-0.25, -0.2) is 4.68 Å². The predicted octanol–water partition coefficient (Wildman–Crippen LogP) is 6.68. The van der Waals surface area contributed by atoms with Gasteiger partial charge in [0.1, 0.15) is 11.3 Å². The summed E-state index contributed by atoms with van der Waals surface area (Å²) in [7, 11) is 0.458. The fourth-order valence-electron chi connectivity index (χ4n) is 2.74. The molecule has 0 aromatic carbocycles. The van der Waals surface area contributed by atoms with Crippen molar-refractivity contribution in [2.45, 2.75) is 45.5 Å². The van der Waals surface area contributed by atoms with E-state index in [1.165, 1.54) is 24.5 Å². The number of aromatic nitrogens is 2. The minimum Gasteiger partial charge on any atom is -0.286 e. The first-order chi connectivity index (χ1) is 13.6. The second-order valence-corrected chi connectivity index (χ2v) is 7.60. The van der Waals surface area contributed by atoms with E-state index < -0.39 is 41.7 Å². The fourth-order valence-corrected chi connectivity index (χ4v) is 3.75. The standard InChI is InChI=1S/C18H17F8N3S/c1-5-12(29-8-11(7-28-29)13-6-9(2)10(3)30-13)14(17(21,22)23)15(27-4)16(19,20)18(24,25)26/h6-8H,5H2,1-4H3/b14-12-,27-15?. The molecule has 0 aliphatic heterocycles. The molecule has 0 N–H and O–H groups in total. The fraction of sp³-hybridized carbons (Fsp3) is 0.444. The quantitative estimate of drug-likeness (QED) is 0.362. The van der Waals surface area contributed by atoms with Crippen molar-refractivity contribution in [3.8, 4) is 10.4 Å². The van der Waals surface area contributed by atoms with Crippen LogP contribution in [0.15, 0.2) is 29.0 Å². The molecule has 12 heteroatoms. The number of halogens is 8. The van der Waals surface area contributed by atoms with E-state index in [0.29, 0.717) is 22.2 Å². The Kier molecular flexibility index (Phi) is 6.51. The maximum Gasteiger partial charge on any atom is 0.459 e. The molecule has 0 amide bonds. The smallest absolute Gasteiger partial charge is 0.286 e. The van der Waals surface area contributed by atoms with Crippen molar-refractivity contribution in [3.05, 3.63) is 34.5 Å². The first kappa shape index (κ1) is 24.0. The molecule has 0 aliphatic rings. The Morgan fingerprint density at radius 3 is 2.10 bits per heavy atom. The molecule has 2 aromatic heterocycles. The average Bonchev–Trinajstić information content (AvgIpc) is 3.20. The number of hydrogen-bond donors (Lipinski definition) is 0. The molecule has 0 radical (unpaired) electrons. The van der Waals surface area contributed by atoms with Crippen molar-refractivity contribution < 1.29 is 35.1 Å². The first-order valence-corrected chi connectivity index (χ1v) is 9.31. The number of thiophene rings is 1. The Morgan fingerprint density at radius 1 is 1.10 bits per heavy atom. The number of hydrogen-bond acceptors (Lipinski definition) is 3. The van der Waals surface area contributed by atoms with Crippen molar-refractivity contribution in [1.82, 2.24) is 9.78 Å². The molecule has 0 unspecified atom stereocenters. The Morgan fingerprint density at radius 2 is 1.70 bits per heavy atom. The van der Waals surface area contributed by atoms with E-state index >= 15 is 0 Å². The SMILES string of the molecule is CC/C(=C(\C(=NC)C(F)(F)C(F)(F)F)C(F)(F)F)n1cc(-c2cc(C)c(C)s2)cn1. The molecule has 30 heavy (non-hydrogen) atoms. The highest BCUT2D eigenvalue weighted by atomic mass is 32.1. The summed E-state index contributed by atoms with van der Waals surface area (Å²) in [5, 5.41) is 3.78. The molecule has 0 aliphatic carbocycles. The lowest BCUT2D eigenvalue weighted by Crippen LogP contribution is -2.47. The predicted molar refractivity (Wildman–Crippen MR) is 98.9 cm³/mol. The summed E-state index contributed by atoms with van der Waals surface area (Å²) in [6, 6.07) is 1.78. The van der Waals surface area contributed by atoms with Crippen LogP contribution in [0.3, 0.4) is 0 Å². The summed E-state index contributed by atoms with van der Waals surface area (Å²) in [6.45, 7) is 4.87. The van der Waals surface area contributed by atoms with E-state index in [1.54, 1.807) is 6.07 Å². The molecule has 0 bridgehead atoms. The van der Waals surface area contributed by atoms with Crippen LogP contribution in [0.2, 0.25) is 0 Å². The van der Waals surface area contributed by atoms with Gasteiger partial charge in [-0.2, -0.15) is 40.2 Å². The Balaban J connectivity index is 2.73. The number of aliphatic imine (C=N–C) groups is 1. The van der Waals surface area contributed by atoms with Crippen LogP contribution in [0.1, 0.15) is 23.8 Å². The lowest BCUT2D eigenvalue weighted by molar-refractivity contribution is -0.249. The molecule has 3 nitrogen and oxygen atoms in total. The highest BCUT2D eigenvalue weighted by Crippen LogP contribution is 2.44. The molecular formula is C18H17F8N3S. The lowest BCUT2D eigenvalue weighted by atomic mass is 9.99. The van der Waals surface area contributed by atoms with Gasteiger partial charge in [0, 0.05) is 28.6 Å². The summed E-state index contributed by atoms with van der Waals surface area (Å²) in [6.07, 6.45) is -9.92. The van der Waals surface area contributed by atoms with Gasteiger partial charge in [0.05, 0.1) is 11.9 Å². The Hall–Kier alpha value is -2.24. The largest absolute Gasteiger partial charge is 0.459 e. The maximum absolute atomic E-state index is 13.9. The van der Waals surface area contributed by atoms with Crippen molar-refractivity contribution in [2.24, 2.45) is 4.99 Å². The molecule has 0 saturated heterocycles. The first-order valence-electron chi connectivity index (χ1n) is 8.50. The number of rotatable bonds is 5. The van der Waals surface area contributed by atoms with Gasteiger partial charge in [0.2, 0.25) is 0 Å². The zero-order valence-electron chi connectivity index (χ0n) is 16.2. The van der Waals surface area contributed by atoms with Crippen LogP contribution in [-0.2, 0) is 0 Å². The van der Waals surface area contributed by atoms with Gasteiger partial charge in [-0.15, -0.1) is 11.3 Å². The van der Waals surface area contributed by atoms with Crippen molar-refractivity contribution in [3.63, 3.8) is 0 Å². The molecule has 2 aromatic rings. The van der Waals surface area contributed by atoms with Crippen LogP contribution in [-0.4, -0.2) is 40.8 Å². The van der Waals surface area contributed by atoms with E-state index in [4.69, 9.17) is 0 Å². The molecular weight excluding hydrogens is 442 g/mol. The third-order valence-corrected chi connectivity index (χ3v) is 5.53. The number of allylic oxidation sites excluding steroid dienone is 2. The van der Waals surface area contributed by atoms with Gasteiger partial charge in [-0.1, -0.05) is 6.92 Å². The van der Waals surface area contributed by atoms with Crippen LogP contribution in [0.5, 0.6) is 0 Å². The number of nitrogens with zero attached hydrogens (tertiary/aromatic N) is 3.